The Bertz CT molecular complexity index is 1180. The lowest BCUT2D eigenvalue weighted by atomic mass is 9.89. The minimum atomic E-state index is -1.40. The van der Waals surface area contributed by atoms with Crippen LogP contribution in [0.3, 0.4) is 0 Å². The van der Waals surface area contributed by atoms with E-state index >= 15 is 0 Å². The summed E-state index contributed by atoms with van der Waals surface area (Å²) in [6.45, 7) is 12.4. The van der Waals surface area contributed by atoms with Crippen molar-refractivity contribution in [3.8, 4) is 0 Å². The number of esters is 1. The van der Waals surface area contributed by atoms with Crippen LogP contribution in [0.1, 0.15) is 36.8 Å². The second-order valence-corrected chi connectivity index (χ2v) is 16.6. The fourth-order valence-corrected chi connectivity index (χ4v) is 5.05. The second-order valence-electron chi connectivity index (χ2n) is 10.00. The highest BCUT2D eigenvalue weighted by Gasteiger charge is 2.49. The molecular formula is C24H30N4O5SSi. The molecule has 1 aliphatic heterocycles. The number of pyridine rings is 1. The Morgan fingerprint density at radius 1 is 1.23 bits per heavy atom. The van der Waals surface area contributed by atoms with Crippen molar-refractivity contribution < 1.29 is 19.2 Å². The van der Waals surface area contributed by atoms with Crippen molar-refractivity contribution in [2.45, 2.75) is 56.9 Å². The van der Waals surface area contributed by atoms with Crippen LogP contribution in [0.4, 0.5) is 5.69 Å². The summed E-state index contributed by atoms with van der Waals surface area (Å²) in [6, 6.07) is 10.2. The lowest BCUT2D eigenvalue weighted by molar-refractivity contribution is -0.387. The number of aromatic nitrogens is 1. The molecule has 1 atom stereocenters. The zero-order valence-electron chi connectivity index (χ0n) is 20.8. The molecule has 3 rings (SSSR count). The molecule has 0 spiro atoms. The number of ether oxygens (including phenoxy) is 1. The summed E-state index contributed by atoms with van der Waals surface area (Å²) in [5.74, 6) is -0.881. The number of hydrogen-bond donors (Lipinski definition) is 0. The highest BCUT2D eigenvalue weighted by molar-refractivity contribution is 7.98. The van der Waals surface area contributed by atoms with Gasteiger partial charge in [-0.25, -0.2) is 14.1 Å². The highest BCUT2D eigenvalue weighted by Crippen LogP contribution is 2.40. The van der Waals surface area contributed by atoms with Crippen molar-refractivity contribution in [2.24, 2.45) is 10.9 Å². The molecule has 11 heteroatoms. The molecule has 35 heavy (non-hydrogen) atoms. The van der Waals surface area contributed by atoms with E-state index in [1.807, 2.05) is 13.8 Å². The van der Waals surface area contributed by atoms with E-state index in [4.69, 9.17) is 9.73 Å². The summed E-state index contributed by atoms with van der Waals surface area (Å²) in [4.78, 5) is 47.0. The number of hydrogen-bond acceptors (Lipinski definition) is 8. The maximum absolute atomic E-state index is 13.6. The first-order valence-electron chi connectivity index (χ1n) is 11.3. The maximum atomic E-state index is 13.6. The molecule has 0 bridgehead atoms. The smallest absolute Gasteiger partial charge is 0.340 e. The van der Waals surface area contributed by atoms with Gasteiger partial charge in [-0.3, -0.25) is 19.9 Å². The van der Waals surface area contributed by atoms with Crippen LogP contribution < -0.4 is 0 Å². The number of para-hydroxylation sites is 1. The maximum Gasteiger partial charge on any atom is 0.340 e. The summed E-state index contributed by atoms with van der Waals surface area (Å²) in [5, 5.41) is 11.6. The van der Waals surface area contributed by atoms with Gasteiger partial charge in [-0.1, -0.05) is 45.6 Å². The Kier molecular flexibility index (Phi) is 7.80. The molecular weight excluding hydrogens is 484 g/mol. The van der Waals surface area contributed by atoms with Gasteiger partial charge < -0.3 is 4.74 Å². The summed E-state index contributed by atoms with van der Waals surface area (Å²) in [5.41, 5.74) is -0.859. The topological polar surface area (TPSA) is 115 Å². The Hall–Kier alpha value is -3.05. The van der Waals surface area contributed by atoms with Crippen LogP contribution in [0.5, 0.6) is 0 Å². The van der Waals surface area contributed by atoms with Crippen LogP contribution in [0.2, 0.25) is 25.7 Å². The predicted octanol–water partition coefficient (Wildman–Crippen LogP) is 5.20. The fourth-order valence-electron chi connectivity index (χ4n) is 3.28. The molecule has 1 unspecified atom stereocenters. The molecule has 1 amide bonds. The molecule has 1 aliphatic rings. The van der Waals surface area contributed by atoms with Gasteiger partial charge >= 0.3 is 5.97 Å². The number of rotatable bonds is 9. The van der Waals surface area contributed by atoms with Gasteiger partial charge in [-0.05, 0) is 37.1 Å². The van der Waals surface area contributed by atoms with Crippen molar-refractivity contribution in [1.82, 2.24) is 9.29 Å². The third kappa shape index (κ3) is 5.79. The first-order valence-corrected chi connectivity index (χ1v) is 15.8. The van der Waals surface area contributed by atoms with Crippen molar-refractivity contribution >= 4 is 43.4 Å². The van der Waals surface area contributed by atoms with Crippen LogP contribution in [0.25, 0.3) is 0 Å². The number of nitrogens with zero attached hydrogens (tertiary/aromatic N) is 4. The third-order valence-corrected chi connectivity index (χ3v) is 8.62. The average Bonchev–Trinajstić information content (AvgIpc) is 3.04. The monoisotopic (exact) mass is 514 g/mol. The number of amidine groups is 1. The van der Waals surface area contributed by atoms with Crippen molar-refractivity contribution in [1.29, 1.82) is 0 Å². The molecule has 186 valence electrons. The van der Waals surface area contributed by atoms with E-state index in [1.54, 1.807) is 37.3 Å². The summed E-state index contributed by atoms with van der Waals surface area (Å²) >= 11 is 0.903. The van der Waals surface area contributed by atoms with Gasteiger partial charge in [0.2, 0.25) is 0 Å². The zero-order chi connectivity index (χ0) is 26.0. The fraction of sp³-hybridized carbons (Fsp3) is 0.417. The Morgan fingerprint density at radius 3 is 2.54 bits per heavy atom. The van der Waals surface area contributed by atoms with Crippen LogP contribution >= 0.6 is 11.9 Å². The summed E-state index contributed by atoms with van der Waals surface area (Å²) in [7, 11) is -1.40. The first-order chi connectivity index (χ1) is 16.3. The van der Waals surface area contributed by atoms with E-state index < -0.39 is 24.5 Å². The summed E-state index contributed by atoms with van der Waals surface area (Å²) in [6.07, 6.45) is 1.51. The summed E-state index contributed by atoms with van der Waals surface area (Å²) < 4.78 is 6.84. The number of carbonyl (C=O) groups is 2. The standard InChI is InChI=1S/C24H30N4O5SSi/c1-16(2)24(3)23(30)27(34-19-12-8-7-11-18(19)28(31)32)21(26-24)20-17(10-9-13-25-20)22(29)33-14-15-35(4,5)6/h7-13,16H,14-15H2,1-6H3. The van der Waals surface area contributed by atoms with Gasteiger partial charge in [-0.15, -0.1) is 0 Å². The predicted molar refractivity (Wildman–Crippen MR) is 138 cm³/mol. The minimum Gasteiger partial charge on any atom is -0.462 e. The quantitative estimate of drug-likeness (QED) is 0.149. The van der Waals surface area contributed by atoms with Gasteiger partial charge in [0.25, 0.3) is 11.6 Å². The van der Waals surface area contributed by atoms with Gasteiger partial charge in [0.15, 0.2) is 5.84 Å². The lowest BCUT2D eigenvalue weighted by Crippen LogP contribution is -2.41. The molecule has 0 aliphatic carbocycles. The molecule has 0 radical (unpaired) electrons. The zero-order valence-corrected chi connectivity index (χ0v) is 22.6. The first kappa shape index (κ1) is 26.5. The molecule has 9 nitrogen and oxygen atoms in total. The van der Waals surface area contributed by atoms with E-state index in [0.717, 1.165) is 18.0 Å². The molecule has 0 saturated heterocycles. The molecule has 2 heterocycles. The minimum absolute atomic E-state index is 0.130. The Morgan fingerprint density at radius 2 is 1.91 bits per heavy atom. The lowest BCUT2D eigenvalue weighted by Gasteiger charge is -2.25. The Labute approximate surface area is 210 Å². The molecule has 1 aromatic heterocycles. The molecule has 0 fully saturated rings. The molecule has 1 aromatic carbocycles. The van der Waals surface area contributed by atoms with Crippen LogP contribution in [-0.4, -0.2) is 52.1 Å². The SMILES string of the molecule is CC(C)C1(C)N=C(c2ncccc2C(=O)OCC[Si](C)(C)C)N(Sc2ccccc2[N+](=O)[O-])C1=O. The van der Waals surface area contributed by atoms with Gasteiger partial charge in [0.1, 0.15) is 16.1 Å². The van der Waals surface area contributed by atoms with E-state index in [0.29, 0.717) is 6.61 Å². The van der Waals surface area contributed by atoms with E-state index in [9.17, 15) is 19.7 Å². The van der Waals surface area contributed by atoms with Crippen LogP contribution in [-0.2, 0) is 9.53 Å². The van der Waals surface area contributed by atoms with Gasteiger partial charge in [-0.2, -0.15) is 0 Å². The number of amides is 1. The van der Waals surface area contributed by atoms with Crippen LogP contribution in [0, 0.1) is 16.0 Å². The number of nitro groups is 1. The molecule has 0 N–H and O–H groups in total. The van der Waals surface area contributed by atoms with Crippen molar-refractivity contribution in [3.05, 3.63) is 64.0 Å². The van der Waals surface area contributed by atoms with Crippen LogP contribution in [0.15, 0.2) is 52.5 Å². The normalized spacial score (nSPS) is 18.1. The van der Waals surface area contributed by atoms with E-state index in [2.05, 4.69) is 24.6 Å². The largest absolute Gasteiger partial charge is 0.462 e. The van der Waals surface area contributed by atoms with Gasteiger partial charge in [0.05, 0.1) is 17.1 Å². The van der Waals surface area contributed by atoms with Gasteiger partial charge in [0, 0.05) is 32.3 Å². The number of carbonyl (C=O) groups excluding carboxylic acids is 2. The third-order valence-electron chi connectivity index (χ3n) is 5.85. The second kappa shape index (κ2) is 10.3. The van der Waals surface area contributed by atoms with E-state index in [-0.39, 0.29) is 39.5 Å². The number of aliphatic imine (C=N–C) groups is 1. The molecule has 2 aromatic rings. The highest BCUT2D eigenvalue weighted by atomic mass is 32.2. The average molecular weight is 515 g/mol. The van der Waals surface area contributed by atoms with E-state index in [1.165, 1.54) is 16.6 Å². The molecule has 0 saturated carbocycles. The number of benzene rings is 1. The Balaban J connectivity index is 2.03. The number of nitro benzene ring substituents is 1. The van der Waals surface area contributed by atoms with Crippen molar-refractivity contribution in [2.75, 3.05) is 6.61 Å². The van der Waals surface area contributed by atoms with Crippen molar-refractivity contribution in [3.63, 3.8) is 0 Å².